The van der Waals surface area contributed by atoms with E-state index in [-0.39, 0.29) is 12.7 Å². The molecule has 1 heterocycles. The lowest BCUT2D eigenvalue weighted by molar-refractivity contribution is -0.127. The van der Waals surface area contributed by atoms with E-state index in [0.717, 1.165) is 5.57 Å². The maximum atomic E-state index is 8.75. The normalized spacial score (nSPS) is 37.5. The number of aliphatic hydroxyl groups excluding tert-OH is 1. The van der Waals surface area contributed by atoms with Gasteiger partial charge in [0.15, 0.2) is 5.79 Å². The number of hydrogen-bond donors (Lipinski definition) is 1. The Morgan fingerprint density at radius 2 is 2.45 bits per heavy atom. The van der Waals surface area contributed by atoms with Gasteiger partial charge in [-0.15, -0.1) is 0 Å². The van der Waals surface area contributed by atoms with Crippen LogP contribution in [0.1, 0.15) is 13.8 Å². The molecule has 64 valence electrons. The number of aliphatic hydroxyl groups is 1. The first kappa shape index (κ1) is 8.71. The van der Waals surface area contributed by atoms with Gasteiger partial charge in [0.25, 0.3) is 0 Å². The molecule has 0 aliphatic carbocycles. The molecule has 3 heteroatoms. The molecular weight excluding hydrogens is 144 g/mol. The molecule has 1 N–H and O–H groups in total. The minimum absolute atomic E-state index is 0.00285. The van der Waals surface area contributed by atoms with Crippen molar-refractivity contribution in [2.75, 3.05) is 13.2 Å². The quantitative estimate of drug-likeness (QED) is 0.601. The Hall–Kier alpha value is -0.380. The van der Waals surface area contributed by atoms with E-state index < -0.39 is 5.79 Å². The van der Waals surface area contributed by atoms with E-state index in [1.807, 2.05) is 13.8 Å². The number of ether oxygens (including phenoxy) is 2. The SMILES string of the molecule is C=C(C)[C@]1(C)OC[C@H](CO)O1. The highest BCUT2D eigenvalue weighted by atomic mass is 16.7. The molecule has 0 aromatic heterocycles. The molecule has 1 fully saturated rings. The van der Waals surface area contributed by atoms with Crippen molar-refractivity contribution in [3.05, 3.63) is 12.2 Å². The summed E-state index contributed by atoms with van der Waals surface area (Å²) in [5, 5.41) is 8.75. The highest BCUT2D eigenvalue weighted by Gasteiger charge is 2.37. The summed E-state index contributed by atoms with van der Waals surface area (Å²) >= 11 is 0. The van der Waals surface area contributed by atoms with Crippen molar-refractivity contribution in [2.24, 2.45) is 0 Å². The molecular formula is C8H14O3. The van der Waals surface area contributed by atoms with E-state index in [2.05, 4.69) is 6.58 Å². The molecule has 0 aromatic carbocycles. The van der Waals surface area contributed by atoms with Crippen LogP contribution in [0.15, 0.2) is 12.2 Å². The average Bonchev–Trinajstić information content (AvgIpc) is 2.33. The third kappa shape index (κ3) is 1.61. The molecule has 1 aliphatic heterocycles. The van der Waals surface area contributed by atoms with Crippen LogP contribution in [-0.2, 0) is 9.47 Å². The molecule has 0 saturated carbocycles. The van der Waals surface area contributed by atoms with Crippen molar-refractivity contribution in [1.29, 1.82) is 0 Å². The van der Waals surface area contributed by atoms with Gasteiger partial charge in [0, 0.05) is 0 Å². The third-order valence-corrected chi connectivity index (χ3v) is 1.92. The molecule has 3 nitrogen and oxygen atoms in total. The van der Waals surface area contributed by atoms with Gasteiger partial charge in [0.1, 0.15) is 6.10 Å². The zero-order valence-corrected chi connectivity index (χ0v) is 6.96. The van der Waals surface area contributed by atoms with Crippen molar-refractivity contribution in [1.82, 2.24) is 0 Å². The summed E-state index contributed by atoms with van der Waals surface area (Å²) < 4.78 is 10.7. The fourth-order valence-electron chi connectivity index (χ4n) is 0.952. The smallest absolute Gasteiger partial charge is 0.188 e. The first-order valence-corrected chi connectivity index (χ1v) is 3.67. The molecule has 2 atom stereocenters. The van der Waals surface area contributed by atoms with E-state index >= 15 is 0 Å². The number of hydrogen-bond acceptors (Lipinski definition) is 3. The van der Waals surface area contributed by atoms with Gasteiger partial charge in [-0.05, 0) is 19.4 Å². The Bertz CT molecular complexity index is 167. The monoisotopic (exact) mass is 158 g/mol. The van der Waals surface area contributed by atoms with Crippen LogP contribution in [-0.4, -0.2) is 30.2 Å². The zero-order valence-electron chi connectivity index (χ0n) is 6.96. The highest BCUT2D eigenvalue weighted by molar-refractivity contribution is 5.04. The minimum Gasteiger partial charge on any atom is -0.394 e. The predicted octanol–water partition coefficient (Wildman–Crippen LogP) is 0.686. The molecule has 0 bridgehead atoms. The Kier molecular flexibility index (Phi) is 2.32. The van der Waals surface area contributed by atoms with Gasteiger partial charge in [-0.3, -0.25) is 0 Å². The van der Waals surface area contributed by atoms with E-state index in [9.17, 15) is 0 Å². The van der Waals surface area contributed by atoms with E-state index in [1.165, 1.54) is 0 Å². The summed E-state index contributed by atoms with van der Waals surface area (Å²) in [4.78, 5) is 0. The van der Waals surface area contributed by atoms with Gasteiger partial charge < -0.3 is 14.6 Å². The van der Waals surface area contributed by atoms with Gasteiger partial charge >= 0.3 is 0 Å². The summed E-state index contributed by atoms with van der Waals surface area (Å²) in [6, 6.07) is 0. The molecule has 0 radical (unpaired) electrons. The van der Waals surface area contributed by atoms with Gasteiger partial charge in [-0.1, -0.05) is 6.58 Å². The fraction of sp³-hybridized carbons (Fsp3) is 0.750. The van der Waals surface area contributed by atoms with E-state index in [1.54, 1.807) is 0 Å². The standard InChI is InChI=1S/C8H14O3/c1-6(2)8(3)10-5-7(4-9)11-8/h7,9H,1,4-5H2,2-3H3/t7-,8+/m0/s1. The van der Waals surface area contributed by atoms with Crippen LogP contribution in [0.2, 0.25) is 0 Å². The Morgan fingerprint density at radius 1 is 1.82 bits per heavy atom. The molecule has 0 aromatic rings. The maximum Gasteiger partial charge on any atom is 0.188 e. The van der Waals surface area contributed by atoms with Crippen LogP contribution in [0, 0.1) is 0 Å². The second kappa shape index (κ2) is 2.93. The first-order chi connectivity index (χ1) is 5.08. The fourth-order valence-corrected chi connectivity index (χ4v) is 0.952. The van der Waals surface area contributed by atoms with Gasteiger partial charge in [0.05, 0.1) is 13.2 Å². The third-order valence-electron chi connectivity index (χ3n) is 1.92. The lowest BCUT2D eigenvalue weighted by Crippen LogP contribution is -2.28. The summed E-state index contributed by atoms with van der Waals surface area (Å²) in [6.45, 7) is 7.85. The summed E-state index contributed by atoms with van der Waals surface area (Å²) in [7, 11) is 0. The van der Waals surface area contributed by atoms with Crippen LogP contribution < -0.4 is 0 Å². The number of rotatable bonds is 2. The van der Waals surface area contributed by atoms with Crippen LogP contribution in [0.5, 0.6) is 0 Å². The van der Waals surface area contributed by atoms with Gasteiger partial charge in [-0.2, -0.15) is 0 Å². The minimum atomic E-state index is -0.687. The highest BCUT2D eigenvalue weighted by Crippen LogP contribution is 2.28. The lowest BCUT2D eigenvalue weighted by Gasteiger charge is -2.22. The van der Waals surface area contributed by atoms with Gasteiger partial charge in [0.2, 0.25) is 0 Å². The topological polar surface area (TPSA) is 38.7 Å². The zero-order chi connectivity index (χ0) is 8.48. The van der Waals surface area contributed by atoms with Crippen LogP contribution >= 0.6 is 0 Å². The maximum absolute atomic E-state index is 8.75. The largest absolute Gasteiger partial charge is 0.394 e. The summed E-state index contributed by atoms with van der Waals surface area (Å²) in [5.74, 6) is -0.687. The van der Waals surface area contributed by atoms with Crippen molar-refractivity contribution < 1.29 is 14.6 Å². The van der Waals surface area contributed by atoms with Crippen molar-refractivity contribution >= 4 is 0 Å². The second-order valence-electron chi connectivity index (χ2n) is 2.96. The molecule has 0 amide bonds. The van der Waals surface area contributed by atoms with Crippen LogP contribution in [0.4, 0.5) is 0 Å². The molecule has 1 rings (SSSR count). The predicted molar refractivity (Wildman–Crippen MR) is 41.1 cm³/mol. The van der Waals surface area contributed by atoms with Crippen LogP contribution in [0.25, 0.3) is 0 Å². The second-order valence-corrected chi connectivity index (χ2v) is 2.96. The molecule has 1 saturated heterocycles. The summed E-state index contributed by atoms with van der Waals surface area (Å²) in [5.41, 5.74) is 0.827. The molecule has 0 unspecified atom stereocenters. The molecule has 11 heavy (non-hydrogen) atoms. The Balaban J connectivity index is 2.57. The Morgan fingerprint density at radius 3 is 2.73 bits per heavy atom. The van der Waals surface area contributed by atoms with E-state index in [0.29, 0.717) is 6.61 Å². The van der Waals surface area contributed by atoms with Crippen molar-refractivity contribution in [3.8, 4) is 0 Å². The average molecular weight is 158 g/mol. The van der Waals surface area contributed by atoms with Gasteiger partial charge in [-0.25, -0.2) is 0 Å². The van der Waals surface area contributed by atoms with Crippen LogP contribution in [0.3, 0.4) is 0 Å². The molecule has 1 aliphatic rings. The Labute approximate surface area is 66.6 Å². The lowest BCUT2D eigenvalue weighted by atomic mass is 10.2. The molecule has 0 spiro atoms. The van der Waals surface area contributed by atoms with Crippen molar-refractivity contribution in [2.45, 2.75) is 25.7 Å². The van der Waals surface area contributed by atoms with Crippen molar-refractivity contribution in [3.63, 3.8) is 0 Å². The van der Waals surface area contributed by atoms with E-state index in [4.69, 9.17) is 14.6 Å². The first-order valence-electron chi connectivity index (χ1n) is 3.67. The summed E-state index contributed by atoms with van der Waals surface area (Å²) in [6.07, 6.45) is -0.198.